The minimum absolute atomic E-state index is 0.138. The Balaban J connectivity index is 2.15. The van der Waals surface area contributed by atoms with Crippen LogP contribution < -0.4 is 10.5 Å². The van der Waals surface area contributed by atoms with Crippen molar-refractivity contribution in [2.45, 2.75) is 13.0 Å². The van der Waals surface area contributed by atoms with Gasteiger partial charge in [-0.2, -0.15) is 5.26 Å². The molecule has 1 aliphatic heterocycles. The van der Waals surface area contributed by atoms with Crippen LogP contribution in [0.1, 0.15) is 11.1 Å². The summed E-state index contributed by atoms with van der Waals surface area (Å²) < 4.78 is 5.64. The molecule has 0 spiro atoms. The van der Waals surface area contributed by atoms with Gasteiger partial charge in [-0.15, -0.1) is 0 Å². The second-order valence-corrected chi connectivity index (χ2v) is 5.69. The van der Waals surface area contributed by atoms with Gasteiger partial charge in [0, 0.05) is 34.9 Å². The minimum Gasteiger partial charge on any atom is -0.507 e. The zero-order chi connectivity index (χ0) is 15.9. The molecule has 0 radical (unpaired) electrons. The van der Waals surface area contributed by atoms with Crippen LogP contribution in [0.4, 0.5) is 0 Å². The second-order valence-electron chi connectivity index (χ2n) is 5.69. The third kappa shape index (κ3) is 2.24. The van der Waals surface area contributed by atoms with Crippen molar-refractivity contribution in [2.24, 2.45) is 5.73 Å². The number of phenolic OH excluding ortho intramolecular Hbond substituents is 1. The van der Waals surface area contributed by atoms with Gasteiger partial charge >= 0.3 is 0 Å². The standard InChI is InChI=1S/C17H17N3O2/c1-20(2)9-11-4-6-14-13(15(11)21)5-3-10-7-12(8-18)17(19)22-16(10)14/h3-6,21H,7,9,19H2,1-2H3. The molecule has 0 saturated carbocycles. The number of phenols is 1. The Bertz CT molecular complexity index is 832. The molecule has 2 aromatic carbocycles. The average molecular weight is 295 g/mol. The molecule has 2 aromatic rings. The van der Waals surface area contributed by atoms with Crippen LogP contribution in [0.15, 0.2) is 35.7 Å². The number of nitrogens with two attached hydrogens (primary N) is 1. The largest absolute Gasteiger partial charge is 0.507 e. The van der Waals surface area contributed by atoms with Gasteiger partial charge in [0.2, 0.25) is 5.88 Å². The molecule has 0 aromatic heterocycles. The first kappa shape index (κ1) is 14.2. The van der Waals surface area contributed by atoms with E-state index in [2.05, 4.69) is 6.07 Å². The molecule has 22 heavy (non-hydrogen) atoms. The van der Waals surface area contributed by atoms with Gasteiger partial charge in [0.15, 0.2) is 0 Å². The maximum absolute atomic E-state index is 10.5. The molecule has 0 unspecified atom stereocenters. The van der Waals surface area contributed by atoms with Crippen molar-refractivity contribution < 1.29 is 9.84 Å². The fraction of sp³-hybridized carbons (Fsp3) is 0.235. The van der Waals surface area contributed by atoms with Gasteiger partial charge in [0.1, 0.15) is 17.6 Å². The smallest absolute Gasteiger partial charge is 0.205 e. The monoisotopic (exact) mass is 295 g/mol. The van der Waals surface area contributed by atoms with Crippen LogP contribution in [0.3, 0.4) is 0 Å². The van der Waals surface area contributed by atoms with Gasteiger partial charge in [-0.3, -0.25) is 0 Å². The van der Waals surface area contributed by atoms with Crippen LogP contribution in [0.25, 0.3) is 10.8 Å². The van der Waals surface area contributed by atoms with E-state index in [4.69, 9.17) is 15.7 Å². The van der Waals surface area contributed by atoms with Crippen LogP contribution >= 0.6 is 0 Å². The number of hydrogen-bond donors (Lipinski definition) is 2. The summed E-state index contributed by atoms with van der Waals surface area (Å²) >= 11 is 0. The van der Waals surface area contributed by atoms with Crippen LogP contribution in [-0.4, -0.2) is 24.1 Å². The normalized spacial score (nSPS) is 13.9. The van der Waals surface area contributed by atoms with Crippen molar-refractivity contribution in [3.63, 3.8) is 0 Å². The van der Waals surface area contributed by atoms with E-state index in [9.17, 15) is 5.11 Å². The highest BCUT2D eigenvalue weighted by atomic mass is 16.5. The van der Waals surface area contributed by atoms with E-state index >= 15 is 0 Å². The van der Waals surface area contributed by atoms with Crippen molar-refractivity contribution in [1.82, 2.24) is 4.90 Å². The van der Waals surface area contributed by atoms with Gasteiger partial charge in [0.05, 0.1) is 5.57 Å². The van der Waals surface area contributed by atoms with Gasteiger partial charge < -0.3 is 20.5 Å². The molecule has 3 rings (SSSR count). The highest BCUT2D eigenvalue weighted by Crippen LogP contribution is 2.40. The van der Waals surface area contributed by atoms with Crippen molar-refractivity contribution in [3.05, 3.63) is 46.8 Å². The van der Waals surface area contributed by atoms with Crippen molar-refractivity contribution >= 4 is 10.8 Å². The molecule has 0 amide bonds. The van der Waals surface area contributed by atoms with E-state index in [1.165, 1.54) is 0 Å². The molecule has 0 fully saturated rings. The molecule has 1 heterocycles. The third-order valence-corrected chi connectivity index (χ3v) is 3.79. The average Bonchev–Trinajstić information content (AvgIpc) is 2.49. The van der Waals surface area contributed by atoms with Crippen LogP contribution in [0, 0.1) is 11.3 Å². The van der Waals surface area contributed by atoms with Crippen LogP contribution in [0.5, 0.6) is 11.5 Å². The molecule has 1 aliphatic rings. The SMILES string of the molecule is CN(C)Cc1ccc2c3c(ccc2c1O)CC(C#N)=C(N)O3. The molecule has 0 atom stereocenters. The van der Waals surface area contributed by atoms with E-state index < -0.39 is 0 Å². The summed E-state index contributed by atoms with van der Waals surface area (Å²) in [5.41, 5.74) is 7.98. The lowest BCUT2D eigenvalue weighted by atomic mass is 9.96. The quantitative estimate of drug-likeness (QED) is 0.888. The van der Waals surface area contributed by atoms with Gasteiger partial charge in [-0.05, 0) is 14.1 Å². The first-order chi connectivity index (χ1) is 10.5. The number of allylic oxidation sites excluding steroid dienone is 1. The van der Waals surface area contributed by atoms with Crippen molar-refractivity contribution in [2.75, 3.05) is 14.1 Å². The number of benzene rings is 2. The maximum atomic E-state index is 10.5. The predicted octanol–water partition coefficient (Wildman–Crippen LogP) is 2.24. The molecule has 0 aliphatic carbocycles. The fourth-order valence-corrected chi connectivity index (χ4v) is 2.72. The van der Waals surface area contributed by atoms with E-state index in [0.29, 0.717) is 24.3 Å². The van der Waals surface area contributed by atoms with Crippen LogP contribution in [0.2, 0.25) is 0 Å². The lowest BCUT2D eigenvalue weighted by molar-refractivity contribution is 0.387. The highest BCUT2D eigenvalue weighted by Gasteiger charge is 2.21. The first-order valence-corrected chi connectivity index (χ1v) is 6.99. The number of hydrogen-bond acceptors (Lipinski definition) is 5. The summed E-state index contributed by atoms with van der Waals surface area (Å²) in [6.45, 7) is 0.653. The molecule has 112 valence electrons. The summed E-state index contributed by atoms with van der Waals surface area (Å²) in [5, 5.41) is 21.1. The maximum Gasteiger partial charge on any atom is 0.205 e. The molecule has 5 heteroatoms. The fourth-order valence-electron chi connectivity index (χ4n) is 2.72. The van der Waals surface area contributed by atoms with Gasteiger partial charge in [-0.1, -0.05) is 24.3 Å². The lowest BCUT2D eigenvalue weighted by Crippen LogP contribution is -2.16. The lowest BCUT2D eigenvalue weighted by Gasteiger charge is -2.20. The molecular formula is C17H17N3O2. The Morgan fingerprint density at radius 2 is 2.00 bits per heavy atom. The minimum atomic E-state index is 0.138. The molecule has 0 bridgehead atoms. The Labute approximate surface area is 128 Å². The zero-order valence-corrected chi connectivity index (χ0v) is 12.6. The predicted molar refractivity (Wildman–Crippen MR) is 84.2 cm³/mol. The summed E-state index contributed by atoms with van der Waals surface area (Å²) in [6, 6.07) is 9.62. The number of fused-ring (bicyclic) bond motifs is 3. The molecule has 5 nitrogen and oxygen atoms in total. The number of nitriles is 1. The van der Waals surface area contributed by atoms with Crippen molar-refractivity contribution in [3.8, 4) is 17.6 Å². The third-order valence-electron chi connectivity index (χ3n) is 3.79. The Kier molecular flexibility index (Phi) is 3.39. The van der Waals surface area contributed by atoms with Crippen molar-refractivity contribution in [1.29, 1.82) is 5.26 Å². The topological polar surface area (TPSA) is 82.5 Å². The van der Waals surface area contributed by atoms with E-state index in [1.54, 1.807) is 0 Å². The summed E-state index contributed by atoms with van der Waals surface area (Å²) in [4.78, 5) is 2.00. The number of nitrogens with zero attached hydrogens (tertiary/aromatic N) is 2. The van der Waals surface area contributed by atoms with Gasteiger partial charge in [-0.25, -0.2) is 0 Å². The molecular weight excluding hydrogens is 278 g/mol. The summed E-state index contributed by atoms with van der Waals surface area (Å²) in [7, 11) is 3.91. The summed E-state index contributed by atoms with van der Waals surface area (Å²) in [6.07, 6.45) is 0.452. The Morgan fingerprint density at radius 3 is 2.68 bits per heavy atom. The van der Waals surface area contributed by atoms with E-state index in [-0.39, 0.29) is 11.6 Å². The molecule has 3 N–H and O–H groups in total. The van der Waals surface area contributed by atoms with Crippen LogP contribution in [-0.2, 0) is 13.0 Å². The summed E-state index contributed by atoms with van der Waals surface area (Å²) in [5.74, 6) is 1.02. The number of ether oxygens (including phenoxy) is 1. The Hall–Kier alpha value is -2.71. The number of rotatable bonds is 2. The van der Waals surface area contributed by atoms with Gasteiger partial charge in [0.25, 0.3) is 0 Å². The van der Waals surface area contributed by atoms with E-state index in [1.807, 2.05) is 43.3 Å². The highest BCUT2D eigenvalue weighted by molar-refractivity contribution is 5.95. The molecule has 0 saturated heterocycles. The first-order valence-electron chi connectivity index (χ1n) is 6.99. The van der Waals surface area contributed by atoms with E-state index in [0.717, 1.165) is 21.9 Å². The Morgan fingerprint density at radius 1 is 1.27 bits per heavy atom. The second kappa shape index (κ2) is 5.24. The zero-order valence-electron chi connectivity index (χ0n) is 12.6. The number of aromatic hydroxyl groups is 1.